The summed E-state index contributed by atoms with van der Waals surface area (Å²) < 4.78 is 5.93. The van der Waals surface area contributed by atoms with Gasteiger partial charge in [-0.15, -0.1) is 5.54 Å². The van der Waals surface area contributed by atoms with Crippen LogP contribution in [-0.4, -0.2) is 14.4 Å². The second kappa shape index (κ2) is 4.16. The molecule has 1 aromatic rings. The number of aldehydes is 1. The van der Waals surface area contributed by atoms with Gasteiger partial charge in [0.1, 0.15) is 8.07 Å². The molecule has 0 amide bonds. The smallest absolute Gasteiger partial charge is 0.191 e. The molecule has 0 spiro atoms. The molecule has 14 heavy (non-hydrogen) atoms. The molecular weight excluding hydrogens is 260 g/mol. The summed E-state index contributed by atoms with van der Waals surface area (Å²) in [6.07, 6.45) is 0.671. The Morgan fingerprint density at radius 2 is 2.14 bits per heavy atom. The second-order valence-corrected chi connectivity index (χ2v) is 9.55. The molecule has 1 rings (SSSR count). The third kappa shape index (κ3) is 3.16. The van der Waals surface area contributed by atoms with Crippen molar-refractivity contribution in [1.82, 2.24) is 0 Å². The zero-order valence-electron chi connectivity index (χ0n) is 8.35. The highest BCUT2D eigenvalue weighted by Gasteiger charge is 2.10. The first kappa shape index (κ1) is 11.3. The summed E-state index contributed by atoms with van der Waals surface area (Å²) in [6, 6.07) is 1.63. The van der Waals surface area contributed by atoms with Crippen LogP contribution in [0.5, 0.6) is 0 Å². The molecule has 1 aromatic heterocycles. The maximum atomic E-state index is 10.4. The SMILES string of the molecule is C[Si](C)(C)C#Cc1oc(C=O)cc1Br. The van der Waals surface area contributed by atoms with E-state index in [2.05, 4.69) is 47.0 Å². The van der Waals surface area contributed by atoms with E-state index < -0.39 is 8.07 Å². The lowest BCUT2D eigenvalue weighted by Crippen LogP contribution is -2.16. The fraction of sp³-hybridized carbons (Fsp3) is 0.300. The Labute approximate surface area is 92.8 Å². The minimum atomic E-state index is -1.39. The summed E-state index contributed by atoms with van der Waals surface area (Å²) in [4.78, 5) is 10.4. The summed E-state index contributed by atoms with van der Waals surface area (Å²) in [7, 11) is -1.39. The lowest BCUT2D eigenvalue weighted by atomic mass is 10.4. The van der Waals surface area contributed by atoms with Crippen molar-refractivity contribution in [2.75, 3.05) is 0 Å². The fourth-order valence-electron chi connectivity index (χ4n) is 0.774. The van der Waals surface area contributed by atoms with Crippen molar-refractivity contribution in [3.05, 3.63) is 22.1 Å². The van der Waals surface area contributed by atoms with Crippen molar-refractivity contribution in [2.45, 2.75) is 19.6 Å². The van der Waals surface area contributed by atoms with E-state index in [1.165, 1.54) is 0 Å². The summed E-state index contributed by atoms with van der Waals surface area (Å²) >= 11 is 3.29. The van der Waals surface area contributed by atoms with Crippen molar-refractivity contribution >= 4 is 30.3 Å². The molecular formula is C10H11BrO2Si. The summed E-state index contributed by atoms with van der Waals surface area (Å²) in [5, 5.41) is 0. The Bertz CT molecular complexity index is 404. The molecule has 0 N–H and O–H groups in total. The molecule has 0 saturated carbocycles. The van der Waals surface area contributed by atoms with Crippen LogP contribution in [0.15, 0.2) is 15.0 Å². The molecule has 74 valence electrons. The fourth-order valence-corrected chi connectivity index (χ4v) is 1.67. The Morgan fingerprint density at radius 1 is 1.50 bits per heavy atom. The van der Waals surface area contributed by atoms with Crippen LogP contribution in [0.25, 0.3) is 0 Å². The average molecular weight is 271 g/mol. The van der Waals surface area contributed by atoms with Gasteiger partial charge in [-0.1, -0.05) is 19.6 Å². The molecule has 0 unspecified atom stereocenters. The minimum Gasteiger partial charge on any atom is -0.444 e. The normalized spacial score (nSPS) is 10.6. The van der Waals surface area contributed by atoms with E-state index in [0.29, 0.717) is 17.8 Å². The Kier molecular flexibility index (Phi) is 3.35. The van der Waals surface area contributed by atoms with Crippen molar-refractivity contribution in [3.8, 4) is 11.5 Å². The van der Waals surface area contributed by atoms with Crippen molar-refractivity contribution < 1.29 is 9.21 Å². The minimum absolute atomic E-state index is 0.303. The molecule has 0 saturated heterocycles. The lowest BCUT2D eigenvalue weighted by molar-refractivity contribution is 0.110. The highest BCUT2D eigenvalue weighted by molar-refractivity contribution is 9.10. The predicted octanol–water partition coefficient (Wildman–Crippen LogP) is 3.08. The van der Waals surface area contributed by atoms with E-state index >= 15 is 0 Å². The van der Waals surface area contributed by atoms with E-state index in [1.807, 2.05) is 0 Å². The molecule has 2 nitrogen and oxygen atoms in total. The third-order valence-corrected chi connectivity index (χ3v) is 2.84. The Morgan fingerprint density at radius 3 is 2.57 bits per heavy atom. The molecule has 4 heteroatoms. The zero-order chi connectivity index (χ0) is 10.8. The molecule has 0 aliphatic carbocycles. The Hall–Kier alpha value is -0.793. The molecule has 1 heterocycles. The first-order valence-corrected chi connectivity index (χ1v) is 8.49. The van der Waals surface area contributed by atoms with E-state index in [-0.39, 0.29) is 0 Å². The van der Waals surface area contributed by atoms with Gasteiger partial charge in [-0.25, -0.2) is 0 Å². The van der Waals surface area contributed by atoms with E-state index in [1.54, 1.807) is 6.07 Å². The van der Waals surface area contributed by atoms with Crippen LogP contribution in [0.3, 0.4) is 0 Å². The van der Waals surface area contributed by atoms with Gasteiger partial charge in [0.2, 0.25) is 0 Å². The van der Waals surface area contributed by atoms with Crippen LogP contribution < -0.4 is 0 Å². The molecule has 0 aliphatic rings. The maximum absolute atomic E-state index is 10.4. The van der Waals surface area contributed by atoms with Gasteiger partial charge in [0.05, 0.1) is 4.47 Å². The standard InChI is InChI=1S/C10H11BrO2Si/c1-14(2,3)5-4-10-9(11)6-8(7-12)13-10/h6-7H,1-3H3. The third-order valence-electron chi connectivity index (χ3n) is 1.37. The Balaban J connectivity index is 3.01. The monoisotopic (exact) mass is 270 g/mol. The highest BCUT2D eigenvalue weighted by atomic mass is 79.9. The number of halogens is 1. The predicted molar refractivity (Wildman–Crippen MR) is 62.0 cm³/mol. The largest absolute Gasteiger partial charge is 0.444 e. The van der Waals surface area contributed by atoms with Crippen LogP contribution in [0, 0.1) is 11.5 Å². The van der Waals surface area contributed by atoms with Crippen molar-refractivity contribution in [1.29, 1.82) is 0 Å². The quantitative estimate of drug-likeness (QED) is 0.446. The van der Waals surface area contributed by atoms with Crippen LogP contribution in [0.2, 0.25) is 19.6 Å². The first-order valence-electron chi connectivity index (χ1n) is 4.20. The van der Waals surface area contributed by atoms with Crippen LogP contribution >= 0.6 is 15.9 Å². The summed E-state index contributed by atoms with van der Waals surface area (Å²) in [5.74, 6) is 3.79. The van der Waals surface area contributed by atoms with Crippen molar-refractivity contribution in [2.24, 2.45) is 0 Å². The van der Waals surface area contributed by atoms with Gasteiger partial charge in [-0.2, -0.15) is 0 Å². The zero-order valence-corrected chi connectivity index (χ0v) is 10.9. The number of hydrogen-bond acceptors (Lipinski definition) is 2. The van der Waals surface area contributed by atoms with Crippen LogP contribution in [0.4, 0.5) is 0 Å². The molecule has 0 atom stereocenters. The van der Waals surface area contributed by atoms with Crippen LogP contribution in [-0.2, 0) is 0 Å². The lowest BCUT2D eigenvalue weighted by Gasteiger charge is -2.02. The van der Waals surface area contributed by atoms with Gasteiger partial charge in [0.25, 0.3) is 0 Å². The van der Waals surface area contributed by atoms with E-state index in [9.17, 15) is 4.79 Å². The average Bonchev–Trinajstić information content (AvgIpc) is 2.42. The van der Waals surface area contributed by atoms with Gasteiger partial charge in [-0.3, -0.25) is 4.79 Å². The van der Waals surface area contributed by atoms with Gasteiger partial charge in [0, 0.05) is 6.07 Å². The maximum Gasteiger partial charge on any atom is 0.191 e. The molecule has 0 aliphatic heterocycles. The number of rotatable bonds is 1. The topological polar surface area (TPSA) is 30.2 Å². The number of hydrogen-bond donors (Lipinski definition) is 0. The van der Waals surface area contributed by atoms with Crippen molar-refractivity contribution in [3.63, 3.8) is 0 Å². The molecule has 0 radical (unpaired) electrons. The van der Waals surface area contributed by atoms with Gasteiger partial charge >= 0.3 is 0 Å². The highest BCUT2D eigenvalue weighted by Crippen LogP contribution is 2.19. The number of carbonyl (C=O) groups excluding carboxylic acids is 1. The molecule has 0 fully saturated rings. The van der Waals surface area contributed by atoms with E-state index in [0.717, 1.165) is 4.47 Å². The van der Waals surface area contributed by atoms with Gasteiger partial charge in [-0.05, 0) is 21.9 Å². The van der Waals surface area contributed by atoms with E-state index in [4.69, 9.17) is 4.42 Å². The summed E-state index contributed by atoms with van der Waals surface area (Å²) in [6.45, 7) is 6.45. The summed E-state index contributed by atoms with van der Waals surface area (Å²) in [5.41, 5.74) is 3.17. The van der Waals surface area contributed by atoms with Gasteiger partial charge in [0.15, 0.2) is 17.8 Å². The second-order valence-electron chi connectivity index (χ2n) is 3.94. The van der Waals surface area contributed by atoms with Crippen LogP contribution in [0.1, 0.15) is 16.3 Å². The molecule has 0 aromatic carbocycles. The molecule has 0 bridgehead atoms. The number of carbonyl (C=O) groups is 1. The van der Waals surface area contributed by atoms with Gasteiger partial charge < -0.3 is 4.42 Å². The number of furan rings is 1. The first-order chi connectivity index (χ1) is 6.42.